The molecule has 112 valence electrons. The van der Waals surface area contributed by atoms with Crippen molar-refractivity contribution in [3.63, 3.8) is 0 Å². The Labute approximate surface area is 139 Å². The number of nitrogens with zero attached hydrogens (tertiary/aromatic N) is 1. The zero-order valence-corrected chi connectivity index (χ0v) is 14.5. The third-order valence-electron chi connectivity index (χ3n) is 2.98. The van der Waals surface area contributed by atoms with Crippen molar-refractivity contribution in [3.8, 4) is 0 Å². The lowest BCUT2D eigenvalue weighted by Crippen LogP contribution is -2.24. The molecule has 1 unspecified atom stereocenters. The molecule has 1 aromatic heterocycles. The molecule has 0 amide bonds. The molecule has 0 saturated carbocycles. The van der Waals surface area contributed by atoms with Crippen molar-refractivity contribution in [2.75, 3.05) is 6.54 Å². The first kappa shape index (κ1) is 16.5. The highest BCUT2D eigenvalue weighted by atomic mass is 79.9. The molecule has 2 aromatic rings. The van der Waals surface area contributed by atoms with E-state index in [1.54, 1.807) is 6.20 Å². The van der Waals surface area contributed by atoms with Crippen LogP contribution < -0.4 is 5.32 Å². The summed E-state index contributed by atoms with van der Waals surface area (Å²) in [6.07, 6.45) is 2.16. The van der Waals surface area contributed by atoms with E-state index >= 15 is 0 Å². The number of aromatic nitrogens is 1. The maximum absolute atomic E-state index is 13.3. The van der Waals surface area contributed by atoms with Crippen molar-refractivity contribution in [3.05, 3.63) is 62.3 Å². The minimum absolute atomic E-state index is 0.126. The van der Waals surface area contributed by atoms with Crippen LogP contribution in [0.1, 0.15) is 24.2 Å². The van der Waals surface area contributed by atoms with Crippen molar-refractivity contribution in [1.29, 1.82) is 0 Å². The second kappa shape index (κ2) is 7.42. The van der Waals surface area contributed by atoms with Gasteiger partial charge in [-0.1, -0.05) is 6.92 Å². The molecule has 21 heavy (non-hydrogen) atoms. The lowest BCUT2D eigenvalue weighted by atomic mass is 10.0. The molecule has 1 aromatic carbocycles. The van der Waals surface area contributed by atoms with Crippen LogP contribution in [0.25, 0.3) is 0 Å². The second-order valence-electron chi connectivity index (χ2n) is 4.61. The van der Waals surface area contributed by atoms with E-state index in [0.717, 1.165) is 27.3 Å². The van der Waals surface area contributed by atoms with Crippen molar-refractivity contribution < 1.29 is 8.78 Å². The SMILES string of the molecule is CCNC(Cc1cc(F)cc(F)c1)c1ncc(Br)cc1Br. The fourth-order valence-corrected chi connectivity index (χ4v) is 3.42. The van der Waals surface area contributed by atoms with Crippen LogP contribution in [0, 0.1) is 11.6 Å². The Morgan fingerprint density at radius 1 is 1.14 bits per heavy atom. The molecule has 0 aliphatic carbocycles. The van der Waals surface area contributed by atoms with Gasteiger partial charge in [-0.2, -0.15) is 0 Å². The van der Waals surface area contributed by atoms with Gasteiger partial charge in [0.2, 0.25) is 0 Å². The number of nitrogens with one attached hydrogen (secondary N) is 1. The summed E-state index contributed by atoms with van der Waals surface area (Å²) in [5, 5.41) is 3.29. The third-order valence-corrected chi connectivity index (χ3v) is 4.05. The lowest BCUT2D eigenvalue weighted by Gasteiger charge is -2.19. The number of hydrogen-bond donors (Lipinski definition) is 1. The molecule has 1 heterocycles. The van der Waals surface area contributed by atoms with Gasteiger partial charge in [0.05, 0.1) is 11.7 Å². The fourth-order valence-electron chi connectivity index (χ4n) is 2.16. The van der Waals surface area contributed by atoms with Crippen LogP contribution in [0.4, 0.5) is 8.78 Å². The molecule has 1 atom stereocenters. The average Bonchev–Trinajstić information content (AvgIpc) is 2.37. The summed E-state index contributed by atoms with van der Waals surface area (Å²) in [6, 6.07) is 5.34. The van der Waals surface area contributed by atoms with Gasteiger partial charge in [-0.15, -0.1) is 0 Å². The first-order valence-corrected chi connectivity index (χ1v) is 8.07. The van der Waals surface area contributed by atoms with E-state index in [9.17, 15) is 8.78 Å². The molecular weight excluding hydrogens is 406 g/mol. The molecule has 0 bridgehead atoms. The molecule has 6 heteroatoms. The standard InChI is InChI=1S/C15H14Br2F2N2/c1-2-20-14(15-13(17)6-10(16)8-21-15)5-9-3-11(18)7-12(19)4-9/h3-4,6-8,14,20H,2,5H2,1H3. The van der Waals surface area contributed by atoms with E-state index in [-0.39, 0.29) is 6.04 Å². The highest BCUT2D eigenvalue weighted by Crippen LogP contribution is 2.27. The summed E-state index contributed by atoms with van der Waals surface area (Å²) in [6.45, 7) is 2.71. The van der Waals surface area contributed by atoms with Crippen LogP contribution in [0.2, 0.25) is 0 Å². The van der Waals surface area contributed by atoms with Gasteiger partial charge in [-0.3, -0.25) is 4.98 Å². The summed E-state index contributed by atoms with van der Waals surface area (Å²) >= 11 is 6.84. The molecule has 2 nitrogen and oxygen atoms in total. The fraction of sp³-hybridized carbons (Fsp3) is 0.267. The summed E-state index contributed by atoms with van der Waals surface area (Å²) in [4.78, 5) is 4.39. The van der Waals surface area contributed by atoms with Crippen molar-refractivity contribution in [2.24, 2.45) is 0 Å². The number of halogens is 4. The van der Waals surface area contributed by atoms with Crippen LogP contribution in [0.5, 0.6) is 0 Å². The molecule has 0 aliphatic rings. The zero-order chi connectivity index (χ0) is 15.4. The Kier molecular flexibility index (Phi) is 5.84. The topological polar surface area (TPSA) is 24.9 Å². The maximum atomic E-state index is 13.3. The molecule has 1 N–H and O–H groups in total. The van der Waals surface area contributed by atoms with Crippen LogP contribution >= 0.6 is 31.9 Å². The van der Waals surface area contributed by atoms with Gasteiger partial charge in [-0.05, 0) is 68.6 Å². The third kappa shape index (κ3) is 4.56. The van der Waals surface area contributed by atoms with Crippen molar-refractivity contribution in [2.45, 2.75) is 19.4 Å². The van der Waals surface area contributed by atoms with E-state index in [1.807, 2.05) is 13.0 Å². The van der Waals surface area contributed by atoms with Gasteiger partial charge in [0.25, 0.3) is 0 Å². The normalized spacial score (nSPS) is 12.4. The smallest absolute Gasteiger partial charge is 0.126 e. The predicted octanol–water partition coefficient (Wildman–Crippen LogP) is 4.78. The number of hydrogen-bond acceptors (Lipinski definition) is 2. The lowest BCUT2D eigenvalue weighted by molar-refractivity contribution is 0.526. The number of rotatable bonds is 5. The van der Waals surface area contributed by atoms with E-state index < -0.39 is 11.6 Å². The highest BCUT2D eigenvalue weighted by molar-refractivity contribution is 9.11. The van der Waals surface area contributed by atoms with Crippen molar-refractivity contribution >= 4 is 31.9 Å². The maximum Gasteiger partial charge on any atom is 0.126 e. The molecule has 2 rings (SSSR count). The van der Waals surface area contributed by atoms with Gasteiger partial charge in [0.15, 0.2) is 0 Å². The molecule has 0 radical (unpaired) electrons. The largest absolute Gasteiger partial charge is 0.309 e. The minimum atomic E-state index is -0.567. The van der Waals surface area contributed by atoms with Gasteiger partial charge in [-0.25, -0.2) is 8.78 Å². The average molecular weight is 420 g/mol. The Morgan fingerprint density at radius 3 is 2.38 bits per heavy atom. The van der Waals surface area contributed by atoms with Crippen molar-refractivity contribution in [1.82, 2.24) is 10.3 Å². The van der Waals surface area contributed by atoms with E-state index in [2.05, 4.69) is 42.2 Å². The number of benzene rings is 1. The highest BCUT2D eigenvalue weighted by Gasteiger charge is 2.17. The van der Waals surface area contributed by atoms with Gasteiger partial charge in [0, 0.05) is 21.2 Å². The summed E-state index contributed by atoms with van der Waals surface area (Å²) in [7, 11) is 0. The first-order chi connectivity index (χ1) is 9.99. The first-order valence-electron chi connectivity index (χ1n) is 6.49. The Balaban J connectivity index is 2.30. The van der Waals surface area contributed by atoms with Crippen LogP contribution in [-0.4, -0.2) is 11.5 Å². The van der Waals surface area contributed by atoms with E-state index in [1.165, 1.54) is 12.1 Å². The molecule has 0 spiro atoms. The predicted molar refractivity (Wildman–Crippen MR) is 86.1 cm³/mol. The Bertz CT molecular complexity index is 615. The summed E-state index contributed by atoms with van der Waals surface area (Å²) < 4.78 is 28.3. The minimum Gasteiger partial charge on any atom is -0.309 e. The van der Waals surface area contributed by atoms with Crippen LogP contribution in [-0.2, 0) is 6.42 Å². The molecule has 0 fully saturated rings. The monoisotopic (exact) mass is 418 g/mol. The second-order valence-corrected chi connectivity index (χ2v) is 6.38. The van der Waals surface area contributed by atoms with Gasteiger partial charge in [0.1, 0.15) is 11.6 Å². The number of pyridine rings is 1. The van der Waals surface area contributed by atoms with Crippen LogP contribution in [0.3, 0.4) is 0 Å². The quantitative estimate of drug-likeness (QED) is 0.754. The van der Waals surface area contributed by atoms with E-state index in [4.69, 9.17) is 0 Å². The Hall–Kier alpha value is -0.850. The summed E-state index contributed by atoms with van der Waals surface area (Å²) in [5.74, 6) is -1.13. The molecule has 0 aliphatic heterocycles. The van der Waals surface area contributed by atoms with E-state index in [0.29, 0.717) is 12.0 Å². The van der Waals surface area contributed by atoms with Gasteiger partial charge >= 0.3 is 0 Å². The molecular formula is C15H14Br2F2N2. The Morgan fingerprint density at radius 2 is 1.81 bits per heavy atom. The van der Waals surface area contributed by atoms with Crippen LogP contribution in [0.15, 0.2) is 39.4 Å². The molecule has 0 saturated heterocycles. The number of likely N-dealkylation sites (N-methyl/N-ethyl adjacent to an activating group) is 1. The van der Waals surface area contributed by atoms with Gasteiger partial charge < -0.3 is 5.32 Å². The summed E-state index contributed by atoms with van der Waals surface area (Å²) in [5.41, 5.74) is 1.40. The zero-order valence-electron chi connectivity index (χ0n) is 11.3.